The molecule has 0 bridgehead atoms. The molecule has 2 aliphatic rings. The van der Waals surface area contributed by atoms with E-state index in [4.69, 9.17) is 11.6 Å². The molecule has 0 saturated carbocycles. The minimum Gasteiger partial charge on any atom is -0.368 e. The average molecular weight is 427 g/mol. The topological polar surface area (TPSA) is 65.9 Å². The molecule has 156 valence electrons. The molecule has 30 heavy (non-hydrogen) atoms. The number of benzene rings is 1. The number of para-hydroxylation sites is 1. The standard InChI is InChI=1S/C22H23ClN4O3/c1-3-8-26-15(2)13-16-19(21(26)29)22(30)27(20(16)28)14-24-9-11-25(12-10-24)18-7-5-4-6-17(18)23/h3-7,13H,1,8-12,14H2,2H3. The lowest BCUT2D eigenvalue weighted by atomic mass is 10.1. The number of pyridine rings is 1. The van der Waals surface area contributed by atoms with Crippen LogP contribution in [-0.2, 0) is 6.54 Å². The molecule has 1 aromatic carbocycles. The van der Waals surface area contributed by atoms with Crippen LogP contribution in [0.5, 0.6) is 0 Å². The van der Waals surface area contributed by atoms with Crippen molar-refractivity contribution in [1.29, 1.82) is 0 Å². The van der Waals surface area contributed by atoms with E-state index in [0.717, 1.165) is 18.8 Å². The summed E-state index contributed by atoms with van der Waals surface area (Å²) in [5.74, 6) is -0.930. The molecule has 0 atom stereocenters. The Kier molecular flexibility index (Phi) is 5.49. The predicted molar refractivity (Wildman–Crippen MR) is 116 cm³/mol. The molecule has 2 aromatic rings. The lowest BCUT2D eigenvalue weighted by molar-refractivity contribution is 0.0534. The van der Waals surface area contributed by atoms with Crippen LogP contribution < -0.4 is 10.5 Å². The van der Waals surface area contributed by atoms with E-state index in [0.29, 0.717) is 30.4 Å². The fraction of sp³-hybridized carbons (Fsp3) is 0.318. The third-order valence-corrected chi connectivity index (χ3v) is 5.98. The molecule has 0 aliphatic carbocycles. The smallest absolute Gasteiger partial charge is 0.268 e. The maximum absolute atomic E-state index is 12.9. The Bertz CT molecular complexity index is 1090. The van der Waals surface area contributed by atoms with Crippen LogP contribution in [0.3, 0.4) is 0 Å². The zero-order valence-electron chi connectivity index (χ0n) is 16.8. The van der Waals surface area contributed by atoms with Gasteiger partial charge in [-0.05, 0) is 25.1 Å². The molecule has 2 aliphatic heterocycles. The van der Waals surface area contributed by atoms with Gasteiger partial charge >= 0.3 is 0 Å². The molecule has 1 saturated heterocycles. The van der Waals surface area contributed by atoms with E-state index in [9.17, 15) is 14.4 Å². The van der Waals surface area contributed by atoms with Gasteiger partial charge in [-0.2, -0.15) is 0 Å². The number of aryl methyl sites for hydroxylation is 1. The van der Waals surface area contributed by atoms with Crippen LogP contribution in [-0.4, -0.2) is 59.0 Å². The number of fused-ring (bicyclic) bond motifs is 1. The molecule has 0 N–H and O–H groups in total. The first-order chi connectivity index (χ1) is 14.4. The van der Waals surface area contributed by atoms with E-state index < -0.39 is 17.4 Å². The zero-order chi connectivity index (χ0) is 21.4. The molecule has 0 spiro atoms. The van der Waals surface area contributed by atoms with E-state index >= 15 is 0 Å². The summed E-state index contributed by atoms with van der Waals surface area (Å²) in [6, 6.07) is 9.32. The average Bonchev–Trinajstić information content (AvgIpc) is 2.96. The Labute approximate surface area is 179 Å². The van der Waals surface area contributed by atoms with Gasteiger partial charge in [-0.1, -0.05) is 29.8 Å². The van der Waals surface area contributed by atoms with Crippen molar-refractivity contribution in [2.24, 2.45) is 0 Å². The number of hydrogen-bond acceptors (Lipinski definition) is 5. The van der Waals surface area contributed by atoms with Crippen LogP contribution in [0, 0.1) is 6.92 Å². The molecule has 4 rings (SSSR count). The number of nitrogens with zero attached hydrogens (tertiary/aromatic N) is 4. The second-order valence-electron chi connectivity index (χ2n) is 7.52. The Balaban J connectivity index is 1.49. The van der Waals surface area contributed by atoms with Crippen LogP contribution in [0.4, 0.5) is 5.69 Å². The minimum atomic E-state index is -0.522. The van der Waals surface area contributed by atoms with Gasteiger partial charge in [-0.3, -0.25) is 24.2 Å². The van der Waals surface area contributed by atoms with Gasteiger partial charge < -0.3 is 9.47 Å². The van der Waals surface area contributed by atoms with Crippen LogP contribution >= 0.6 is 11.6 Å². The predicted octanol–water partition coefficient (Wildman–Crippen LogP) is 2.37. The number of rotatable bonds is 5. The van der Waals surface area contributed by atoms with Gasteiger partial charge in [-0.15, -0.1) is 6.58 Å². The molecule has 2 amide bonds. The minimum absolute atomic E-state index is 0.0397. The van der Waals surface area contributed by atoms with Crippen molar-refractivity contribution in [2.45, 2.75) is 13.5 Å². The van der Waals surface area contributed by atoms with Gasteiger partial charge in [0, 0.05) is 38.4 Å². The number of allylic oxidation sites excluding steroid dienone is 1. The maximum atomic E-state index is 12.9. The summed E-state index contributed by atoms with van der Waals surface area (Å²) in [5.41, 5.74) is 1.33. The second-order valence-corrected chi connectivity index (χ2v) is 7.92. The highest BCUT2D eigenvalue weighted by molar-refractivity contribution is 6.33. The zero-order valence-corrected chi connectivity index (χ0v) is 17.6. The van der Waals surface area contributed by atoms with E-state index in [2.05, 4.69) is 11.5 Å². The van der Waals surface area contributed by atoms with Crippen molar-refractivity contribution >= 4 is 29.1 Å². The Hall–Kier alpha value is -2.90. The lowest BCUT2D eigenvalue weighted by Crippen LogP contribution is -2.51. The largest absolute Gasteiger partial charge is 0.368 e. The first-order valence-corrected chi connectivity index (χ1v) is 10.2. The van der Waals surface area contributed by atoms with Gasteiger partial charge in [0.15, 0.2) is 0 Å². The normalized spacial score (nSPS) is 16.9. The first-order valence-electron chi connectivity index (χ1n) is 9.85. The molecule has 1 aromatic heterocycles. The van der Waals surface area contributed by atoms with E-state index in [1.165, 1.54) is 9.47 Å². The Morgan fingerprint density at radius 3 is 2.43 bits per heavy atom. The number of halogens is 1. The van der Waals surface area contributed by atoms with Gasteiger partial charge in [0.2, 0.25) is 0 Å². The molecular weight excluding hydrogens is 404 g/mol. The van der Waals surface area contributed by atoms with Crippen LogP contribution in [0.2, 0.25) is 5.02 Å². The Morgan fingerprint density at radius 2 is 1.77 bits per heavy atom. The van der Waals surface area contributed by atoms with Crippen molar-refractivity contribution in [2.75, 3.05) is 37.7 Å². The van der Waals surface area contributed by atoms with Crippen molar-refractivity contribution in [3.63, 3.8) is 0 Å². The van der Waals surface area contributed by atoms with Crippen molar-refractivity contribution < 1.29 is 9.59 Å². The Morgan fingerprint density at radius 1 is 1.07 bits per heavy atom. The number of hydrogen-bond donors (Lipinski definition) is 0. The monoisotopic (exact) mass is 426 g/mol. The lowest BCUT2D eigenvalue weighted by Gasteiger charge is -2.37. The SMILES string of the molecule is C=CCn1c(C)cc2c(c1=O)C(=O)N(CN1CCN(c3ccccc3Cl)CC1)C2=O. The van der Waals surface area contributed by atoms with E-state index in [1.54, 1.807) is 19.1 Å². The van der Waals surface area contributed by atoms with Crippen LogP contribution in [0.15, 0.2) is 47.8 Å². The second kappa shape index (κ2) is 8.08. The molecular formula is C22H23ClN4O3. The maximum Gasteiger partial charge on any atom is 0.268 e. The third-order valence-electron chi connectivity index (χ3n) is 5.66. The van der Waals surface area contributed by atoms with E-state index in [-0.39, 0.29) is 17.8 Å². The van der Waals surface area contributed by atoms with Crippen molar-refractivity contribution in [3.05, 3.63) is 75.2 Å². The fourth-order valence-electron chi connectivity index (χ4n) is 4.04. The number of imide groups is 1. The summed E-state index contributed by atoms with van der Waals surface area (Å²) in [7, 11) is 0. The summed E-state index contributed by atoms with van der Waals surface area (Å²) in [6.07, 6.45) is 1.60. The summed E-state index contributed by atoms with van der Waals surface area (Å²) >= 11 is 6.29. The highest BCUT2D eigenvalue weighted by Gasteiger charge is 2.40. The third kappa shape index (κ3) is 3.44. The number of piperazine rings is 1. The highest BCUT2D eigenvalue weighted by Crippen LogP contribution is 2.27. The molecule has 7 nitrogen and oxygen atoms in total. The number of amides is 2. The quantitative estimate of drug-likeness (QED) is 0.542. The fourth-order valence-corrected chi connectivity index (χ4v) is 4.30. The molecule has 1 fully saturated rings. The summed E-state index contributed by atoms with van der Waals surface area (Å²) in [6.45, 7) is 8.69. The van der Waals surface area contributed by atoms with Crippen LogP contribution in [0.1, 0.15) is 26.4 Å². The van der Waals surface area contributed by atoms with Crippen molar-refractivity contribution in [3.8, 4) is 0 Å². The number of carbonyl (C=O) groups excluding carboxylic acids is 2. The van der Waals surface area contributed by atoms with Gasteiger partial charge in [0.25, 0.3) is 17.4 Å². The molecule has 3 heterocycles. The summed E-state index contributed by atoms with van der Waals surface area (Å²) < 4.78 is 1.46. The van der Waals surface area contributed by atoms with Crippen molar-refractivity contribution in [1.82, 2.24) is 14.4 Å². The highest BCUT2D eigenvalue weighted by atomic mass is 35.5. The van der Waals surface area contributed by atoms with E-state index in [1.807, 2.05) is 29.2 Å². The number of anilines is 1. The molecule has 0 radical (unpaired) electrons. The number of aromatic nitrogens is 1. The summed E-state index contributed by atoms with van der Waals surface area (Å²) in [4.78, 5) is 44.0. The molecule has 0 unspecified atom stereocenters. The van der Waals surface area contributed by atoms with Gasteiger partial charge in [-0.25, -0.2) is 0 Å². The molecule has 8 heteroatoms. The summed E-state index contributed by atoms with van der Waals surface area (Å²) in [5, 5.41) is 0.706. The van der Waals surface area contributed by atoms with Gasteiger partial charge in [0.1, 0.15) is 5.56 Å². The number of carbonyl (C=O) groups is 2. The first kappa shape index (κ1) is 20.4. The van der Waals surface area contributed by atoms with Crippen LogP contribution in [0.25, 0.3) is 0 Å². The van der Waals surface area contributed by atoms with Gasteiger partial charge in [0.05, 0.1) is 22.9 Å².